The van der Waals surface area contributed by atoms with Crippen LogP contribution in [-0.4, -0.2) is 15.6 Å². The number of ketones is 1. The molecule has 3 nitrogen and oxygen atoms in total. The van der Waals surface area contributed by atoms with Crippen molar-refractivity contribution in [2.24, 2.45) is 7.05 Å². The molecule has 3 heteroatoms. The van der Waals surface area contributed by atoms with E-state index in [1.54, 1.807) is 0 Å². The number of nitrogens with zero attached hydrogens (tertiary/aromatic N) is 2. The summed E-state index contributed by atoms with van der Waals surface area (Å²) in [5.74, 6) is 0.361. The molecule has 0 fully saturated rings. The van der Waals surface area contributed by atoms with Crippen LogP contribution >= 0.6 is 0 Å². The minimum Gasteiger partial charge on any atom is -0.300 e. The van der Waals surface area contributed by atoms with Gasteiger partial charge < -0.3 is 0 Å². The molecule has 0 amide bonds. The van der Waals surface area contributed by atoms with Crippen molar-refractivity contribution in [2.45, 2.75) is 46.5 Å². The first-order valence-corrected chi connectivity index (χ1v) is 5.57. The van der Waals surface area contributed by atoms with Crippen LogP contribution < -0.4 is 0 Å². The summed E-state index contributed by atoms with van der Waals surface area (Å²) in [5, 5.41) is 4.34. The third-order valence-corrected chi connectivity index (χ3v) is 2.84. The van der Waals surface area contributed by atoms with Crippen LogP contribution in [0.2, 0.25) is 0 Å². The number of hydrogen-bond donors (Lipinski definition) is 0. The van der Waals surface area contributed by atoms with Crippen LogP contribution in [0, 0.1) is 13.8 Å². The normalized spacial score (nSPS) is 10.7. The Kier molecular flexibility index (Phi) is 4.06. The SMILES string of the molecule is CCCC(=O)CCc1c(C)nn(C)c1C. The molecule has 1 heterocycles. The third-order valence-electron chi connectivity index (χ3n) is 2.84. The average molecular weight is 208 g/mol. The lowest BCUT2D eigenvalue weighted by Crippen LogP contribution is -2.01. The van der Waals surface area contributed by atoms with Gasteiger partial charge in [-0.25, -0.2) is 0 Å². The first-order valence-electron chi connectivity index (χ1n) is 5.57. The minimum absolute atomic E-state index is 0.361. The van der Waals surface area contributed by atoms with Crippen molar-refractivity contribution < 1.29 is 4.79 Å². The van der Waals surface area contributed by atoms with E-state index in [9.17, 15) is 4.79 Å². The summed E-state index contributed by atoms with van der Waals surface area (Å²) in [6.45, 7) is 6.10. The summed E-state index contributed by atoms with van der Waals surface area (Å²) in [6, 6.07) is 0. The molecule has 0 unspecified atom stereocenters. The molecule has 0 radical (unpaired) electrons. The molecule has 0 atom stereocenters. The molecule has 0 aromatic carbocycles. The number of aryl methyl sites for hydroxylation is 2. The van der Waals surface area contributed by atoms with E-state index in [2.05, 4.69) is 12.0 Å². The standard InChI is InChI=1S/C12H20N2O/c1-5-6-11(15)7-8-12-9(2)13-14(4)10(12)3/h5-8H2,1-4H3. The lowest BCUT2D eigenvalue weighted by molar-refractivity contribution is -0.119. The fraction of sp³-hybridized carbons (Fsp3) is 0.667. The van der Waals surface area contributed by atoms with E-state index in [1.165, 1.54) is 11.3 Å². The van der Waals surface area contributed by atoms with Gasteiger partial charge in [-0.05, 0) is 32.3 Å². The molecule has 1 aromatic rings. The predicted octanol–water partition coefficient (Wildman–Crippen LogP) is 2.34. The van der Waals surface area contributed by atoms with E-state index in [0.29, 0.717) is 18.6 Å². The number of aromatic nitrogens is 2. The lowest BCUT2D eigenvalue weighted by Gasteiger charge is -2.01. The molecule has 0 saturated carbocycles. The Labute approximate surface area is 91.5 Å². The molecule has 0 aliphatic rings. The van der Waals surface area contributed by atoms with Crippen molar-refractivity contribution in [2.75, 3.05) is 0 Å². The van der Waals surface area contributed by atoms with Crippen molar-refractivity contribution >= 4 is 5.78 Å². The Morgan fingerprint density at radius 2 is 2.00 bits per heavy atom. The Bertz CT molecular complexity index is 353. The van der Waals surface area contributed by atoms with E-state index in [1.807, 2.05) is 25.6 Å². The van der Waals surface area contributed by atoms with Crippen molar-refractivity contribution in [1.82, 2.24) is 9.78 Å². The summed E-state index contributed by atoms with van der Waals surface area (Å²) >= 11 is 0. The Balaban J connectivity index is 2.61. The highest BCUT2D eigenvalue weighted by molar-refractivity contribution is 5.78. The lowest BCUT2D eigenvalue weighted by atomic mass is 10.0. The summed E-state index contributed by atoms with van der Waals surface area (Å²) in [7, 11) is 1.94. The Morgan fingerprint density at radius 3 is 2.47 bits per heavy atom. The fourth-order valence-corrected chi connectivity index (χ4v) is 1.85. The van der Waals surface area contributed by atoms with E-state index in [4.69, 9.17) is 0 Å². The molecule has 15 heavy (non-hydrogen) atoms. The predicted molar refractivity (Wildman–Crippen MR) is 60.9 cm³/mol. The first kappa shape index (κ1) is 12.0. The topological polar surface area (TPSA) is 34.9 Å². The zero-order valence-corrected chi connectivity index (χ0v) is 10.1. The van der Waals surface area contributed by atoms with Gasteiger partial charge >= 0.3 is 0 Å². The van der Waals surface area contributed by atoms with Crippen LogP contribution in [0.1, 0.15) is 43.1 Å². The van der Waals surface area contributed by atoms with Crippen LogP contribution in [0.15, 0.2) is 0 Å². The highest BCUT2D eigenvalue weighted by Gasteiger charge is 2.10. The minimum atomic E-state index is 0.361. The van der Waals surface area contributed by atoms with Crippen molar-refractivity contribution in [3.05, 3.63) is 17.0 Å². The summed E-state index contributed by atoms with van der Waals surface area (Å²) in [5.41, 5.74) is 3.47. The second-order valence-electron chi connectivity index (χ2n) is 4.06. The molecule has 0 bridgehead atoms. The van der Waals surface area contributed by atoms with E-state index in [-0.39, 0.29) is 0 Å². The maximum Gasteiger partial charge on any atom is 0.133 e. The molecular weight excluding hydrogens is 188 g/mol. The maximum atomic E-state index is 11.4. The molecule has 84 valence electrons. The fourth-order valence-electron chi connectivity index (χ4n) is 1.85. The van der Waals surface area contributed by atoms with Gasteiger partial charge in [-0.1, -0.05) is 6.92 Å². The monoisotopic (exact) mass is 208 g/mol. The summed E-state index contributed by atoms with van der Waals surface area (Å²) < 4.78 is 1.88. The van der Waals surface area contributed by atoms with Crippen molar-refractivity contribution in [3.8, 4) is 0 Å². The number of Topliss-reactive ketones (excluding diaryl/α,β-unsaturated/α-hetero) is 1. The molecule has 0 N–H and O–H groups in total. The zero-order chi connectivity index (χ0) is 11.4. The Morgan fingerprint density at radius 1 is 1.33 bits per heavy atom. The number of carbonyl (C=O) groups excluding carboxylic acids is 1. The smallest absolute Gasteiger partial charge is 0.133 e. The van der Waals surface area contributed by atoms with E-state index in [0.717, 1.165) is 18.5 Å². The highest BCUT2D eigenvalue weighted by atomic mass is 16.1. The second-order valence-corrected chi connectivity index (χ2v) is 4.06. The summed E-state index contributed by atoms with van der Waals surface area (Å²) in [4.78, 5) is 11.4. The molecule has 0 aliphatic heterocycles. The molecular formula is C12H20N2O. The number of rotatable bonds is 5. The highest BCUT2D eigenvalue weighted by Crippen LogP contribution is 2.14. The second kappa shape index (κ2) is 5.10. The van der Waals surface area contributed by atoms with Crippen molar-refractivity contribution in [3.63, 3.8) is 0 Å². The zero-order valence-electron chi connectivity index (χ0n) is 10.1. The van der Waals surface area contributed by atoms with Gasteiger partial charge in [0.15, 0.2) is 0 Å². The third kappa shape index (κ3) is 2.91. The average Bonchev–Trinajstić information content (AvgIpc) is 2.40. The molecule has 0 spiro atoms. The van der Waals surface area contributed by atoms with Gasteiger partial charge in [0.1, 0.15) is 5.78 Å². The van der Waals surface area contributed by atoms with E-state index < -0.39 is 0 Å². The van der Waals surface area contributed by atoms with Gasteiger partial charge in [-0.2, -0.15) is 5.10 Å². The summed E-state index contributed by atoms with van der Waals surface area (Å²) in [6.07, 6.45) is 3.15. The van der Waals surface area contributed by atoms with Crippen LogP contribution in [0.3, 0.4) is 0 Å². The van der Waals surface area contributed by atoms with Gasteiger partial charge in [0, 0.05) is 25.6 Å². The van der Waals surface area contributed by atoms with Crippen LogP contribution in [0.5, 0.6) is 0 Å². The Hall–Kier alpha value is -1.12. The van der Waals surface area contributed by atoms with E-state index >= 15 is 0 Å². The quantitative estimate of drug-likeness (QED) is 0.744. The number of carbonyl (C=O) groups is 1. The van der Waals surface area contributed by atoms with Gasteiger partial charge in [0.25, 0.3) is 0 Å². The van der Waals surface area contributed by atoms with Gasteiger partial charge in [-0.15, -0.1) is 0 Å². The molecule has 1 aromatic heterocycles. The van der Waals surface area contributed by atoms with Crippen LogP contribution in [-0.2, 0) is 18.3 Å². The van der Waals surface area contributed by atoms with Crippen molar-refractivity contribution in [1.29, 1.82) is 0 Å². The molecule has 1 rings (SSSR count). The van der Waals surface area contributed by atoms with Crippen LogP contribution in [0.25, 0.3) is 0 Å². The van der Waals surface area contributed by atoms with Gasteiger partial charge in [0.2, 0.25) is 0 Å². The number of hydrogen-bond acceptors (Lipinski definition) is 2. The largest absolute Gasteiger partial charge is 0.300 e. The first-order chi connectivity index (χ1) is 7.06. The maximum absolute atomic E-state index is 11.4. The van der Waals surface area contributed by atoms with Gasteiger partial charge in [0.05, 0.1) is 5.69 Å². The van der Waals surface area contributed by atoms with Crippen LogP contribution in [0.4, 0.5) is 0 Å². The molecule has 0 saturated heterocycles. The molecule has 0 aliphatic carbocycles. The van der Waals surface area contributed by atoms with Gasteiger partial charge in [-0.3, -0.25) is 9.48 Å².